The minimum atomic E-state index is -0.238. The molecule has 0 atom stereocenters. The third kappa shape index (κ3) is 5.33. The third-order valence-corrected chi connectivity index (χ3v) is 7.29. The number of nitrogens with one attached hydrogen (secondary N) is 1. The fourth-order valence-corrected chi connectivity index (χ4v) is 6.14. The molecule has 0 bridgehead atoms. The number of ether oxygens (including phenoxy) is 1. The minimum Gasteiger partial charge on any atom is -0.487 e. The van der Waals surface area contributed by atoms with Crippen LogP contribution < -0.4 is 10.2 Å². The normalized spacial score (nSPS) is 11.3. The zero-order valence-electron chi connectivity index (χ0n) is 18.5. The maximum Gasteiger partial charge on any atom is 0.271 e. The molecule has 5 aromatic carbocycles. The lowest BCUT2D eigenvalue weighted by atomic mass is 10.0. The summed E-state index contributed by atoms with van der Waals surface area (Å²) < 4.78 is 8.19. The van der Waals surface area contributed by atoms with Crippen LogP contribution in [0.4, 0.5) is 0 Å². The second kappa shape index (κ2) is 10.7. The largest absolute Gasteiger partial charge is 0.487 e. The molecule has 0 aromatic heterocycles. The first-order valence-corrected chi connectivity index (χ1v) is 13.2. The zero-order chi connectivity index (χ0) is 24.2. The number of carbonyl (C=O) groups is 1. The van der Waals surface area contributed by atoms with Gasteiger partial charge in [-0.25, -0.2) is 5.43 Å². The number of hydrogen-bond donors (Lipinski definition) is 1. The van der Waals surface area contributed by atoms with Crippen molar-refractivity contribution in [3.63, 3.8) is 0 Å². The van der Waals surface area contributed by atoms with Crippen LogP contribution in [-0.4, -0.2) is 12.1 Å². The van der Waals surface area contributed by atoms with Crippen LogP contribution in [0.15, 0.2) is 102 Å². The lowest BCUT2D eigenvalue weighted by Crippen LogP contribution is -2.18. The monoisotopic (exact) mass is 682 g/mol. The van der Waals surface area contributed by atoms with Gasteiger partial charge in [-0.3, -0.25) is 4.79 Å². The van der Waals surface area contributed by atoms with E-state index >= 15 is 0 Å². The first kappa shape index (κ1) is 23.7. The Morgan fingerprint density at radius 3 is 2.14 bits per heavy atom. The average Bonchev–Trinajstić information content (AvgIpc) is 2.88. The van der Waals surface area contributed by atoms with Crippen molar-refractivity contribution >= 4 is 78.8 Å². The van der Waals surface area contributed by atoms with Gasteiger partial charge in [-0.05, 0) is 96.1 Å². The number of benzene rings is 5. The minimum absolute atomic E-state index is 0.238. The smallest absolute Gasteiger partial charge is 0.271 e. The van der Waals surface area contributed by atoms with Gasteiger partial charge < -0.3 is 4.74 Å². The van der Waals surface area contributed by atoms with Crippen LogP contribution in [0.25, 0.3) is 21.5 Å². The van der Waals surface area contributed by atoms with Gasteiger partial charge in [0.1, 0.15) is 12.4 Å². The molecule has 0 spiro atoms. The van der Waals surface area contributed by atoms with E-state index in [0.717, 1.165) is 34.8 Å². The van der Waals surface area contributed by atoms with Crippen molar-refractivity contribution in [2.75, 3.05) is 0 Å². The van der Waals surface area contributed by atoms with Crippen LogP contribution in [0.5, 0.6) is 5.75 Å². The summed E-state index contributed by atoms with van der Waals surface area (Å²) in [6.45, 7) is 0.488. The van der Waals surface area contributed by atoms with Crippen molar-refractivity contribution in [2.24, 2.45) is 5.10 Å². The van der Waals surface area contributed by atoms with Crippen LogP contribution >= 0.6 is 45.2 Å². The number of carbonyl (C=O) groups excluding carboxylic acids is 1. The highest BCUT2D eigenvalue weighted by Gasteiger charge is 2.11. The van der Waals surface area contributed by atoms with Crippen LogP contribution in [-0.2, 0) is 6.61 Å². The van der Waals surface area contributed by atoms with E-state index < -0.39 is 0 Å². The molecule has 0 heterocycles. The molecule has 5 aromatic rings. The van der Waals surface area contributed by atoms with E-state index in [0.29, 0.717) is 12.2 Å². The van der Waals surface area contributed by atoms with E-state index in [9.17, 15) is 4.79 Å². The number of hydrogen-bond acceptors (Lipinski definition) is 3. The van der Waals surface area contributed by atoms with E-state index in [1.165, 1.54) is 10.8 Å². The van der Waals surface area contributed by atoms with E-state index in [4.69, 9.17) is 4.74 Å². The van der Waals surface area contributed by atoms with Gasteiger partial charge in [0, 0.05) is 5.56 Å². The number of amides is 1. The van der Waals surface area contributed by atoms with E-state index in [1.54, 1.807) is 12.3 Å². The Labute approximate surface area is 230 Å². The molecule has 5 rings (SSSR count). The Morgan fingerprint density at radius 2 is 1.40 bits per heavy atom. The Morgan fingerprint density at radius 1 is 0.800 bits per heavy atom. The highest BCUT2D eigenvalue weighted by Crippen LogP contribution is 2.30. The maximum atomic E-state index is 12.7. The first-order valence-electron chi connectivity index (χ1n) is 11.0. The number of rotatable bonds is 6. The van der Waals surface area contributed by atoms with Gasteiger partial charge in [-0.1, -0.05) is 78.9 Å². The van der Waals surface area contributed by atoms with E-state index in [2.05, 4.69) is 86.0 Å². The second-order valence-corrected chi connectivity index (χ2v) is 10.3. The Hall–Kier alpha value is -2.98. The van der Waals surface area contributed by atoms with Gasteiger partial charge >= 0.3 is 0 Å². The van der Waals surface area contributed by atoms with Crippen molar-refractivity contribution in [3.05, 3.63) is 121 Å². The lowest BCUT2D eigenvalue weighted by molar-refractivity contribution is 0.0957. The molecule has 1 amide bonds. The number of nitrogens with zero attached hydrogens (tertiary/aromatic N) is 1. The van der Waals surface area contributed by atoms with Crippen molar-refractivity contribution in [2.45, 2.75) is 6.61 Å². The van der Waals surface area contributed by atoms with E-state index in [-0.39, 0.29) is 5.91 Å². The molecular formula is C29H20I2N2O2. The predicted molar refractivity (Wildman–Crippen MR) is 159 cm³/mol. The van der Waals surface area contributed by atoms with Crippen molar-refractivity contribution in [1.29, 1.82) is 0 Å². The third-order valence-electron chi connectivity index (χ3n) is 5.69. The molecule has 0 radical (unpaired) electrons. The molecule has 0 unspecified atom stereocenters. The summed E-state index contributed by atoms with van der Waals surface area (Å²) in [5.74, 6) is 0.605. The molecule has 6 heteroatoms. The highest BCUT2D eigenvalue weighted by atomic mass is 127. The molecular weight excluding hydrogens is 662 g/mol. The lowest BCUT2D eigenvalue weighted by Gasteiger charge is -2.13. The van der Waals surface area contributed by atoms with Gasteiger partial charge in [0.05, 0.1) is 13.4 Å². The molecule has 0 saturated carbocycles. The Bertz CT molecular complexity index is 1550. The van der Waals surface area contributed by atoms with Crippen molar-refractivity contribution in [1.82, 2.24) is 5.43 Å². The van der Waals surface area contributed by atoms with Crippen molar-refractivity contribution in [3.8, 4) is 5.75 Å². The summed E-state index contributed by atoms with van der Waals surface area (Å²) in [6.07, 6.45) is 1.65. The summed E-state index contributed by atoms with van der Waals surface area (Å²) in [4.78, 5) is 12.7. The topological polar surface area (TPSA) is 50.7 Å². The molecule has 0 fully saturated rings. The second-order valence-electron chi connectivity index (χ2n) is 7.97. The summed E-state index contributed by atoms with van der Waals surface area (Å²) in [6, 6.07) is 32.1. The molecule has 0 aliphatic carbocycles. The molecule has 0 aliphatic heterocycles. The average molecular weight is 682 g/mol. The molecule has 0 aliphatic rings. The van der Waals surface area contributed by atoms with Crippen LogP contribution in [0.1, 0.15) is 21.5 Å². The first-order chi connectivity index (χ1) is 17.1. The summed E-state index contributed by atoms with van der Waals surface area (Å²) in [5.41, 5.74) is 5.28. The quantitative estimate of drug-likeness (QED) is 0.114. The summed E-state index contributed by atoms with van der Waals surface area (Å²) in [7, 11) is 0. The molecule has 0 saturated heterocycles. The van der Waals surface area contributed by atoms with Gasteiger partial charge in [0.15, 0.2) is 0 Å². The number of fused-ring (bicyclic) bond motifs is 2. The highest BCUT2D eigenvalue weighted by molar-refractivity contribution is 14.1. The SMILES string of the molecule is O=C(N/N=C/c1cc(I)c(OCc2cccc3ccccc23)c(I)c1)c1cccc2ccccc12. The molecule has 35 heavy (non-hydrogen) atoms. The van der Waals surface area contributed by atoms with Gasteiger partial charge in [0.25, 0.3) is 5.91 Å². The Kier molecular flexibility index (Phi) is 7.29. The maximum absolute atomic E-state index is 12.7. The fourth-order valence-electron chi connectivity index (χ4n) is 4.01. The number of halogens is 2. The van der Waals surface area contributed by atoms with Crippen LogP contribution in [0.2, 0.25) is 0 Å². The van der Waals surface area contributed by atoms with E-state index in [1.807, 2.05) is 60.7 Å². The fraction of sp³-hybridized carbons (Fsp3) is 0.0345. The van der Waals surface area contributed by atoms with Gasteiger partial charge in [0.2, 0.25) is 0 Å². The van der Waals surface area contributed by atoms with Crippen LogP contribution in [0, 0.1) is 7.14 Å². The molecule has 4 nitrogen and oxygen atoms in total. The predicted octanol–water partition coefficient (Wildman–Crippen LogP) is 7.55. The number of hydrazone groups is 1. The Balaban J connectivity index is 1.29. The summed E-state index contributed by atoms with van der Waals surface area (Å²) in [5, 5.41) is 8.52. The molecule has 172 valence electrons. The van der Waals surface area contributed by atoms with Crippen LogP contribution in [0.3, 0.4) is 0 Å². The van der Waals surface area contributed by atoms with Gasteiger partial charge in [-0.15, -0.1) is 0 Å². The summed E-state index contributed by atoms with van der Waals surface area (Å²) >= 11 is 4.56. The zero-order valence-corrected chi connectivity index (χ0v) is 22.9. The molecule has 1 N–H and O–H groups in total. The van der Waals surface area contributed by atoms with Crippen molar-refractivity contribution < 1.29 is 9.53 Å². The van der Waals surface area contributed by atoms with Gasteiger partial charge in [-0.2, -0.15) is 5.10 Å². The standard InChI is InChI=1S/C29H20I2N2O2/c30-26-15-19(17-32-33-29(34)25-14-6-10-21-8-2-4-13-24(21)25)16-27(31)28(26)35-18-22-11-5-9-20-7-1-3-12-23(20)22/h1-17H,18H2,(H,33,34)/b32-17+.